The first-order chi connectivity index (χ1) is 8.27. The lowest BCUT2D eigenvalue weighted by Gasteiger charge is -2.38. The zero-order chi connectivity index (χ0) is 13.8. The number of alkyl carbamates (subject to hydrolysis) is 1. The SMILES string of the molecule is C=CC(NC(=O)OC(C)(C)C)C1(O)CCCCC1. The van der Waals surface area contributed by atoms with Crippen LogP contribution in [0.1, 0.15) is 52.9 Å². The van der Waals surface area contributed by atoms with E-state index in [2.05, 4.69) is 11.9 Å². The maximum absolute atomic E-state index is 11.7. The highest BCUT2D eigenvalue weighted by Gasteiger charge is 2.37. The van der Waals surface area contributed by atoms with Gasteiger partial charge in [-0.25, -0.2) is 4.79 Å². The Bertz CT molecular complexity index is 301. The van der Waals surface area contributed by atoms with Gasteiger partial charge in [0.2, 0.25) is 0 Å². The molecule has 0 spiro atoms. The van der Waals surface area contributed by atoms with Gasteiger partial charge in [0.1, 0.15) is 5.60 Å². The zero-order valence-electron chi connectivity index (χ0n) is 11.7. The second kappa shape index (κ2) is 5.74. The molecule has 0 aromatic rings. The van der Waals surface area contributed by atoms with E-state index in [4.69, 9.17) is 4.74 Å². The van der Waals surface area contributed by atoms with Gasteiger partial charge in [0.05, 0.1) is 11.6 Å². The van der Waals surface area contributed by atoms with Gasteiger partial charge in [-0.05, 0) is 33.6 Å². The van der Waals surface area contributed by atoms with Crippen LogP contribution in [-0.2, 0) is 4.74 Å². The average Bonchev–Trinajstić information content (AvgIpc) is 2.24. The Morgan fingerprint density at radius 2 is 1.94 bits per heavy atom. The molecule has 18 heavy (non-hydrogen) atoms. The summed E-state index contributed by atoms with van der Waals surface area (Å²) < 4.78 is 5.20. The molecule has 1 saturated carbocycles. The zero-order valence-corrected chi connectivity index (χ0v) is 11.7. The van der Waals surface area contributed by atoms with Crippen LogP contribution in [0.5, 0.6) is 0 Å². The van der Waals surface area contributed by atoms with Crippen LogP contribution >= 0.6 is 0 Å². The van der Waals surface area contributed by atoms with E-state index in [0.717, 1.165) is 19.3 Å². The number of nitrogens with one attached hydrogen (secondary N) is 1. The number of hydrogen-bond acceptors (Lipinski definition) is 3. The molecule has 1 amide bonds. The number of carbonyl (C=O) groups excluding carboxylic acids is 1. The molecule has 1 atom stereocenters. The molecule has 2 N–H and O–H groups in total. The lowest BCUT2D eigenvalue weighted by atomic mass is 9.79. The van der Waals surface area contributed by atoms with Gasteiger partial charge in [-0.3, -0.25) is 0 Å². The normalized spacial score (nSPS) is 20.9. The summed E-state index contributed by atoms with van der Waals surface area (Å²) in [6.07, 6.45) is 5.58. The number of hydrogen-bond donors (Lipinski definition) is 2. The van der Waals surface area contributed by atoms with E-state index in [0.29, 0.717) is 12.8 Å². The van der Waals surface area contributed by atoms with Gasteiger partial charge in [0.15, 0.2) is 0 Å². The molecule has 1 fully saturated rings. The van der Waals surface area contributed by atoms with E-state index in [1.807, 2.05) is 20.8 Å². The fraction of sp³-hybridized carbons (Fsp3) is 0.786. The first-order valence-corrected chi connectivity index (χ1v) is 6.61. The second-order valence-electron chi connectivity index (χ2n) is 6.02. The molecular formula is C14H25NO3. The van der Waals surface area contributed by atoms with Crippen molar-refractivity contribution in [2.75, 3.05) is 0 Å². The van der Waals surface area contributed by atoms with E-state index >= 15 is 0 Å². The monoisotopic (exact) mass is 255 g/mol. The van der Waals surface area contributed by atoms with Gasteiger partial charge < -0.3 is 15.2 Å². The standard InChI is InChI=1S/C14H25NO3/c1-5-11(14(17)9-7-6-8-10-14)15-12(16)18-13(2,3)4/h5,11,17H,1,6-10H2,2-4H3,(H,15,16). The lowest BCUT2D eigenvalue weighted by molar-refractivity contribution is -0.0215. The molecule has 0 aromatic carbocycles. The molecular weight excluding hydrogens is 230 g/mol. The smallest absolute Gasteiger partial charge is 0.408 e. The molecule has 0 saturated heterocycles. The van der Waals surface area contributed by atoms with Crippen LogP contribution in [0, 0.1) is 0 Å². The van der Waals surface area contributed by atoms with Crippen molar-refractivity contribution in [3.63, 3.8) is 0 Å². The molecule has 104 valence electrons. The molecule has 0 aliphatic heterocycles. The molecule has 1 unspecified atom stereocenters. The van der Waals surface area contributed by atoms with Crippen molar-refractivity contribution in [1.29, 1.82) is 0 Å². The topological polar surface area (TPSA) is 58.6 Å². The number of aliphatic hydroxyl groups is 1. The third-order valence-electron chi connectivity index (χ3n) is 3.21. The summed E-state index contributed by atoms with van der Waals surface area (Å²) in [5, 5.41) is 13.2. The molecule has 0 aromatic heterocycles. The third-order valence-corrected chi connectivity index (χ3v) is 3.21. The van der Waals surface area contributed by atoms with Gasteiger partial charge in [0.25, 0.3) is 0 Å². The molecule has 1 aliphatic carbocycles. The Morgan fingerprint density at radius 3 is 2.39 bits per heavy atom. The van der Waals surface area contributed by atoms with Crippen LogP contribution in [-0.4, -0.2) is 28.4 Å². The number of ether oxygens (including phenoxy) is 1. The van der Waals surface area contributed by atoms with Crippen LogP contribution in [0.15, 0.2) is 12.7 Å². The molecule has 4 nitrogen and oxygen atoms in total. The molecule has 1 rings (SSSR count). The molecule has 4 heteroatoms. The Morgan fingerprint density at radius 1 is 1.39 bits per heavy atom. The largest absolute Gasteiger partial charge is 0.444 e. The summed E-state index contributed by atoms with van der Waals surface area (Å²) in [6.45, 7) is 9.13. The van der Waals surface area contributed by atoms with Crippen molar-refractivity contribution < 1.29 is 14.6 Å². The Balaban J connectivity index is 2.61. The maximum atomic E-state index is 11.7. The summed E-state index contributed by atoms with van der Waals surface area (Å²) in [4.78, 5) is 11.7. The Kier molecular flexibility index (Phi) is 4.79. The van der Waals surface area contributed by atoms with E-state index in [9.17, 15) is 9.90 Å². The van der Waals surface area contributed by atoms with E-state index in [1.54, 1.807) is 6.08 Å². The summed E-state index contributed by atoms with van der Waals surface area (Å²) in [5.74, 6) is 0. The number of carbonyl (C=O) groups is 1. The fourth-order valence-electron chi connectivity index (χ4n) is 2.32. The highest BCUT2D eigenvalue weighted by molar-refractivity contribution is 5.68. The quantitative estimate of drug-likeness (QED) is 0.762. The van der Waals surface area contributed by atoms with Crippen molar-refractivity contribution in [2.45, 2.75) is 70.1 Å². The minimum Gasteiger partial charge on any atom is -0.444 e. The highest BCUT2D eigenvalue weighted by atomic mass is 16.6. The van der Waals surface area contributed by atoms with Gasteiger partial charge in [-0.15, -0.1) is 6.58 Å². The first-order valence-electron chi connectivity index (χ1n) is 6.61. The lowest BCUT2D eigenvalue weighted by Crippen LogP contribution is -2.53. The first kappa shape index (κ1) is 15.0. The van der Waals surface area contributed by atoms with Crippen LogP contribution in [0.4, 0.5) is 4.79 Å². The van der Waals surface area contributed by atoms with Crippen LogP contribution in [0.25, 0.3) is 0 Å². The van der Waals surface area contributed by atoms with Crippen molar-refractivity contribution in [3.05, 3.63) is 12.7 Å². The van der Waals surface area contributed by atoms with Crippen molar-refractivity contribution in [1.82, 2.24) is 5.32 Å². The Labute approximate surface area is 109 Å². The number of rotatable bonds is 3. The van der Waals surface area contributed by atoms with Crippen LogP contribution in [0.3, 0.4) is 0 Å². The third kappa shape index (κ3) is 4.33. The molecule has 0 heterocycles. The van der Waals surface area contributed by atoms with Crippen LogP contribution < -0.4 is 5.32 Å². The fourth-order valence-corrected chi connectivity index (χ4v) is 2.32. The number of amides is 1. The predicted octanol–water partition coefficient (Wildman–Crippen LogP) is 2.76. The van der Waals surface area contributed by atoms with E-state index in [1.165, 1.54) is 0 Å². The Hall–Kier alpha value is -1.03. The maximum Gasteiger partial charge on any atom is 0.408 e. The van der Waals surface area contributed by atoms with E-state index in [-0.39, 0.29) is 0 Å². The average molecular weight is 255 g/mol. The van der Waals surface area contributed by atoms with Gasteiger partial charge >= 0.3 is 6.09 Å². The summed E-state index contributed by atoms with van der Waals surface area (Å²) in [5.41, 5.74) is -1.41. The molecule has 1 aliphatic rings. The van der Waals surface area contributed by atoms with Crippen LogP contribution in [0.2, 0.25) is 0 Å². The molecule has 0 radical (unpaired) electrons. The molecule has 0 bridgehead atoms. The highest BCUT2D eigenvalue weighted by Crippen LogP contribution is 2.31. The summed E-state index contributed by atoms with van der Waals surface area (Å²) in [7, 11) is 0. The predicted molar refractivity (Wildman–Crippen MR) is 71.4 cm³/mol. The van der Waals surface area contributed by atoms with Gasteiger partial charge in [0, 0.05) is 0 Å². The summed E-state index contributed by atoms with van der Waals surface area (Å²) in [6, 6.07) is -0.451. The van der Waals surface area contributed by atoms with Crippen molar-refractivity contribution >= 4 is 6.09 Å². The van der Waals surface area contributed by atoms with E-state index < -0.39 is 23.3 Å². The van der Waals surface area contributed by atoms with Crippen molar-refractivity contribution in [3.8, 4) is 0 Å². The minimum atomic E-state index is -0.878. The van der Waals surface area contributed by atoms with Gasteiger partial charge in [-0.1, -0.05) is 25.3 Å². The second-order valence-corrected chi connectivity index (χ2v) is 6.02. The van der Waals surface area contributed by atoms with Gasteiger partial charge in [-0.2, -0.15) is 0 Å². The van der Waals surface area contributed by atoms with Crippen molar-refractivity contribution in [2.24, 2.45) is 0 Å². The minimum absolute atomic E-state index is 0.451. The summed E-state index contributed by atoms with van der Waals surface area (Å²) >= 11 is 0.